The van der Waals surface area contributed by atoms with E-state index in [2.05, 4.69) is 26.1 Å². The molecule has 0 aromatic heterocycles. The number of rotatable bonds is 6. The van der Waals surface area contributed by atoms with Gasteiger partial charge in [-0.15, -0.1) is 8.58 Å². The molecule has 0 radical (unpaired) electrons. The summed E-state index contributed by atoms with van der Waals surface area (Å²) in [6, 6.07) is 0.731. The first-order chi connectivity index (χ1) is 4.81. The molecule has 0 aliphatic carbocycles. The standard InChI is InChI=1S/C8H20NP/c1-4-6-10-7-8(3)9-5-2/h8-10H,4-7H2,1-3H3. The zero-order valence-corrected chi connectivity index (χ0v) is 8.41. The van der Waals surface area contributed by atoms with Gasteiger partial charge < -0.3 is 5.32 Å². The number of nitrogens with one attached hydrogen (secondary N) is 1. The minimum atomic E-state index is 0.731. The van der Waals surface area contributed by atoms with Crippen molar-refractivity contribution >= 4 is 8.58 Å². The molecule has 62 valence electrons. The lowest BCUT2D eigenvalue weighted by Crippen LogP contribution is -2.27. The van der Waals surface area contributed by atoms with Gasteiger partial charge in [-0.05, 0) is 25.8 Å². The molecule has 0 rings (SSSR count). The van der Waals surface area contributed by atoms with Crippen molar-refractivity contribution in [1.82, 2.24) is 5.32 Å². The average Bonchev–Trinajstić information content (AvgIpc) is 1.89. The third-order valence-corrected chi connectivity index (χ3v) is 3.18. The zero-order valence-electron chi connectivity index (χ0n) is 7.41. The van der Waals surface area contributed by atoms with Gasteiger partial charge in [0.05, 0.1) is 0 Å². The molecular formula is C8H20NP. The van der Waals surface area contributed by atoms with Crippen LogP contribution in [0.1, 0.15) is 27.2 Å². The van der Waals surface area contributed by atoms with Gasteiger partial charge in [-0.1, -0.05) is 20.3 Å². The monoisotopic (exact) mass is 161 g/mol. The molecule has 10 heavy (non-hydrogen) atoms. The average molecular weight is 161 g/mol. The molecule has 2 unspecified atom stereocenters. The van der Waals surface area contributed by atoms with Crippen molar-refractivity contribution in [3.05, 3.63) is 0 Å². The van der Waals surface area contributed by atoms with Crippen LogP contribution in [0.3, 0.4) is 0 Å². The van der Waals surface area contributed by atoms with Crippen LogP contribution >= 0.6 is 8.58 Å². The van der Waals surface area contributed by atoms with E-state index in [0.717, 1.165) is 21.2 Å². The molecule has 0 aliphatic rings. The topological polar surface area (TPSA) is 12.0 Å². The van der Waals surface area contributed by atoms with Crippen molar-refractivity contribution in [1.29, 1.82) is 0 Å². The van der Waals surface area contributed by atoms with Gasteiger partial charge in [0, 0.05) is 6.04 Å². The Labute approximate surface area is 66.8 Å². The highest BCUT2D eigenvalue weighted by atomic mass is 31.1. The minimum Gasteiger partial charge on any atom is -0.314 e. The quantitative estimate of drug-likeness (QED) is 0.464. The van der Waals surface area contributed by atoms with Crippen LogP contribution in [-0.4, -0.2) is 24.9 Å². The lowest BCUT2D eigenvalue weighted by molar-refractivity contribution is 0.618. The molecule has 0 aromatic carbocycles. The summed E-state index contributed by atoms with van der Waals surface area (Å²) in [7, 11) is 1.16. The fraction of sp³-hybridized carbons (Fsp3) is 1.00. The number of hydrogen-bond acceptors (Lipinski definition) is 1. The van der Waals surface area contributed by atoms with Crippen LogP contribution < -0.4 is 5.32 Å². The van der Waals surface area contributed by atoms with Crippen LogP contribution in [0.5, 0.6) is 0 Å². The maximum Gasteiger partial charge on any atom is 0.00755 e. The van der Waals surface area contributed by atoms with Crippen molar-refractivity contribution in [3.63, 3.8) is 0 Å². The van der Waals surface area contributed by atoms with Crippen LogP contribution in [0.2, 0.25) is 0 Å². The van der Waals surface area contributed by atoms with Crippen molar-refractivity contribution < 1.29 is 0 Å². The molecule has 0 saturated carbocycles. The van der Waals surface area contributed by atoms with Crippen LogP contribution in [0.4, 0.5) is 0 Å². The fourth-order valence-electron chi connectivity index (χ4n) is 0.916. The highest BCUT2D eigenvalue weighted by Crippen LogP contribution is 2.11. The Morgan fingerprint density at radius 3 is 2.60 bits per heavy atom. The van der Waals surface area contributed by atoms with Crippen molar-refractivity contribution in [2.45, 2.75) is 33.2 Å². The van der Waals surface area contributed by atoms with E-state index in [1.54, 1.807) is 0 Å². The van der Waals surface area contributed by atoms with E-state index in [9.17, 15) is 0 Å². The molecule has 0 bridgehead atoms. The lowest BCUT2D eigenvalue weighted by atomic mass is 10.4. The predicted molar refractivity (Wildman–Crippen MR) is 51.5 cm³/mol. The summed E-state index contributed by atoms with van der Waals surface area (Å²) >= 11 is 0. The summed E-state index contributed by atoms with van der Waals surface area (Å²) in [6.07, 6.45) is 4.12. The van der Waals surface area contributed by atoms with Gasteiger partial charge in [0.15, 0.2) is 0 Å². The first-order valence-corrected chi connectivity index (χ1v) is 5.66. The van der Waals surface area contributed by atoms with E-state index in [-0.39, 0.29) is 0 Å². The Bertz CT molecular complexity index is 66.3. The Hall–Kier alpha value is 0.390. The molecular weight excluding hydrogens is 141 g/mol. The summed E-state index contributed by atoms with van der Waals surface area (Å²) in [4.78, 5) is 0. The lowest BCUT2D eigenvalue weighted by Gasteiger charge is -2.10. The van der Waals surface area contributed by atoms with Gasteiger partial charge in [0.25, 0.3) is 0 Å². The second-order valence-electron chi connectivity index (χ2n) is 2.66. The van der Waals surface area contributed by atoms with Crippen LogP contribution in [0.15, 0.2) is 0 Å². The molecule has 2 atom stereocenters. The van der Waals surface area contributed by atoms with Gasteiger partial charge in [-0.3, -0.25) is 0 Å². The van der Waals surface area contributed by atoms with Crippen LogP contribution in [0, 0.1) is 0 Å². The Kier molecular flexibility index (Phi) is 7.79. The molecule has 0 fully saturated rings. The first kappa shape index (κ1) is 10.4. The third kappa shape index (κ3) is 6.51. The van der Waals surface area contributed by atoms with E-state index in [0.29, 0.717) is 0 Å². The zero-order chi connectivity index (χ0) is 7.82. The van der Waals surface area contributed by atoms with E-state index < -0.39 is 0 Å². The minimum absolute atomic E-state index is 0.731. The van der Waals surface area contributed by atoms with Gasteiger partial charge in [0.2, 0.25) is 0 Å². The van der Waals surface area contributed by atoms with Gasteiger partial charge in [0.1, 0.15) is 0 Å². The summed E-state index contributed by atoms with van der Waals surface area (Å²) in [5.74, 6) is 0. The maximum absolute atomic E-state index is 3.41. The first-order valence-electron chi connectivity index (χ1n) is 4.25. The summed E-state index contributed by atoms with van der Waals surface area (Å²) in [5, 5.41) is 3.41. The molecule has 1 N–H and O–H groups in total. The fourth-order valence-corrected chi connectivity index (χ4v) is 2.05. The number of hydrogen-bond donors (Lipinski definition) is 1. The van der Waals surface area contributed by atoms with Crippen molar-refractivity contribution in [2.24, 2.45) is 0 Å². The molecule has 0 heterocycles. The highest BCUT2D eigenvalue weighted by Gasteiger charge is 1.96. The second-order valence-corrected chi connectivity index (χ2v) is 4.07. The van der Waals surface area contributed by atoms with Crippen LogP contribution in [0.25, 0.3) is 0 Å². The highest BCUT2D eigenvalue weighted by molar-refractivity contribution is 7.38. The second kappa shape index (κ2) is 7.50. The molecule has 0 saturated heterocycles. The molecule has 0 aromatic rings. The van der Waals surface area contributed by atoms with Gasteiger partial charge >= 0.3 is 0 Å². The normalized spacial score (nSPS) is 14.7. The Balaban J connectivity index is 2.97. The summed E-state index contributed by atoms with van der Waals surface area (Å²) in [6.45, 7) is 7.80. The SMILES string of the molecule is CCCPCC(C)NCC. The van der Waals surface area contributed by atoms with E-state index in [4.69, 9.17) is 0 Å². The van der Waals surface area contributed by atoms with E-state index in [1.165, 1.54) is 18.7 Å². The molecule has 0 amide bonds. The van der Waals surface area contributed by atoms with Gasteiger partial charge in [-0.25, -0.2) is 0 Å². The van der Waals surface area contributed by atoms with Crippen molar-refractivity contribution in [3.8, 4) is 0 Å². The van der Waals surface area contributed by atoms with Crippen LogP contribution in [-0.2, 0) is 0 Å². The summed E-state index contributed by atoms with van der Waals surface area (Å²) in [5.41, 5.74) is 0. The van der Waals surface area contributed by atoms with E-state index >= 15 is 0 Å². The van der Waals surface area contributed by atoms with Gasteiger partial charge in [-0.2, -0.15) is 0 Å². The molecule has 2 heteroatoms. The summed E-state index contributed by atoms with van der Waals surface area (Å²) < 4.78 is 0. The largest absolute Gasteiger partial charge is 0.314 e. The Morgan fingerprint density at radius 1 is 1.40 bits per heavy atom. The maximum atomic E-state index is 3.41. The van der Waals surface area contributed by atoms with E-state index in [1.807, 2.05) is 0 Å². The molecule has 0 spiro atoms. The Morgan fingerprint density at radius 2 is 2.10 bits per heavy atom. The molecule has 1 nitrogen and oxygen atoms in total. The smallest absolute Gasteiger partial charge is 0.00755 e. The third-order valence-electron chi connectivity index (χ3n) is 1.43. The van der Waals surface area contributed by atoms with Crippen molar-refractivity contribution in [2.75, 3.05) is 18.9 Å². The predicted octanol–water partition coefficient (Wildman–Crippen LogP) is 2.07. The molecule has 0 aliphatic heterocycles.